The van der Waals surface area contributed by atoms with Gasteiger partial charge in [0.05, 0.1) is 5.92 Å². The molecule has 2 fully saturated rings. The molecule has 2 saturated heterocycles. The van der Waals surface area contributed by atoms with E-state index in [1.807, 2.05) is 11.8 Å². The highest BCUT2D eigenvalue weighted by Gasteiger charge is 2.31. The molecule has 4 nitrogen and oxygen atoms in total. The number of amides is 1. The van der Waals surface area contributed by atoms with Crippen LogP contribution in [0.15, 0.2) is 12.2 Å². The van der Waals surface area contributed by atoms with E-state index < -0.39 is 0 Å². The third-order valence-corrected chi connectivity index (χ3v) is 3.65. The maximum absolute atomic E-state index is 12.3. The van der Waals surface area contributed by atoms with E-state index in [-0.39, 0.29) is 5.92 Å². The summed E-state index contributed by atoms with van der Waals surface area (Å²) in [5.41, 5.74) is 0. The van der Waals surface area contributed by atoms with Gasteiger partial charge >= 0.3 is 0 Å². The van der Waals surface area contributed by atoms with Crippen LogP contribution in [0, 0.1) is 5.92 Å². The fourth-order valence-electron chi connectivity index (χ4n) is 2.60. The second-order valence-electron chi connectivity index (χ2n) is 4.89. The van der Waals surface area contributed by atoms with E-state index >= 15 is 0 Å². The van der Waals surface area contributed by atoms with Gasteiger partial charge in [0, 0.05) is 39.3 Å². The molecule has 0 aromatic carbocycles. The number of allylic oxidation sites excluding steroid dienone is 1. The lowest BCUT2D eigenvalue weighted by molar-refractivity contribution is -0.135. The summed E-state index contributed by atoms with van der Waals surface area (Å²) < 4.78 is 0. The van der Waals surface area contributed by atoms with Crippen molar-refractivity contribution in [3.05, 3.63) is 12.2 Å². The second kappa shape index (κ2) is 6.17. The first kappa shape index (κ1) is 12.6. The zero-order chi connectivity index (χ0) is 12.1. The molecule has 2 aliphatic rings. The zero-order valence-electron chi connectivity index (χ0n) is 10.7. The minimum atomic E-state index is 0.235. The van der Waals surface area contributed by atoms with Gasteiger partial charge in [0.15, 0.2) is 0 Å². The minimum Gasteiger partial charge on any atom is -0.340 e. The smallest absolute Gasteiger partial charge is 0.227 e. The molecule has 0 aliphatic carbocycles. The number of nitrogens with one attached hydrogen (secondary N) is 1. The molecule has 1 amide bonds. The quantitative estimate of drug-likeness (QED) is 0.718. The van der Waals surface area contributed by atoms with Crippen molar-refractivity contribution in [1.82, 2.24) is 15.1 Å². The predicted octanol–water partition coefficient (Wildman–Crippen LogP) is 0.316. The highest BCUT2D eigenvalue weighted by atomic mass is 16.2. The summed E-state index contributed by atoms with van der Waals surface area (Å²) in [6, 6.07) is 0. The standard InChI is InChI=1S/C13H23N3O/c1-2-3-7-15-8-4-12(11-15)13(17)16-9-5-14-6-10-16/h2-3,12,14H,4-11H2,1H3/b3-2+. The summed E-state index contributed by atoms with van der Waals surface area (Å²) in [5, 5.41) is 3.28. The van der Waals surface area contributed by atoms with Crippen molar-refractivity contribution in [3.63, 3.8) is 0 Å². The van der Waals surface area contributed by atoms with E-state index in [1.54, 1.807) is 0 Å². The first-order chi connectivity index (χ1) is 8.31. The Bertz CT molecular complexity index is 284. The van der Waals surface area contributed by atoms with Crippen LogP contribution in [0.25, 0.3) is 0 Å². The Morgan fingerprint density at radius 2 is 2.12 bits per heavy atom. The van der Waals surface area contributed by atoms with E-state index in [2.05, 4.69) is 22.4 Å². The molecule has 2 heterocycles. The lowest BCUT2D eigenvalue weighted by Gasteiger charge is -2.29. The van der Waals surface area contributed by atoms with Crippen molar-refractivity contribution in [1.29, 1.82) is 0 Å². The van der Waals surface area contributed by atoms with Crippen molar-refractivity contribution in [2.24, 2.45) is 5.92 Å². The SMILES string of the molecule is C/C=C/CN1CCC(C(=O)N2CCNCC2)C1. The van der Waals surface area contributed by atoms with Crippen LogP contribution < -0.4 is 5.32 Å². The molecule has 0 aromatic rings. The molecule has 0 bridgehead atoms. The van der Waals surface area contributed by atoms with E-state index in [0.717, 1.165) is 52.2 Å². The summed E-state index contributed by atoms with van der Waals surface area (Å²) in [4.78, 5) is 16.7. The highest BCUT2D eigenvalue weighted by molar-refractivity contribution is 5.79. The molecule has 0 radical (unpaired) electrons. The third-order valence-electron chi connectivity index (χ3n) is 3.65. The Morgan fingerprint density at radius 3 is 2.82 bits per heavy atom. The number of carbonyl (C=O) groups is 1. The van der Waals surface area contributed by atoms with Crippen LogP contribution in [0.3, 0.4) is 0 Å². The zero-order valence-corrected chi connectivity index (χ0v) is 10.7. The number of piperazine rings is 1. The molecule has 0 spiro atoms. The van der Waals surface area contributed by atoms with E-state index in [0.29, 0.717) is 5.91 Å². The molecule has 17 heavy (non-hydrogen) atoms. The number of rotatable bonds is 3. The number of likely N-dealkylation sites (tertiary alicyclic amines) is 1. The average Bonchev–Trinajstić information content (AvgIpc) is 2.85. The first-order valence-corrected chi connectivity index (χ1v) is 6.64. The Morgan fingerprint density at radius 1 is 1.35 bits per heavy atom. The molecule has 0 saturated carbocycles. The third kappa shape index (κ3) is 3.30. The second-order valence-corrected chi connectivity index (χ2v) is 4.89. The van der Waals surface area contributed by atoms with Crippen LogP contribution in [0.5, 0.6) is 0 Å². The monoisotopic (exact) mass is 237 g/mol. The topological polar surface area (TPSA) is 35.6 Å². The molecular weight excluding hydrogens is 214 g/mol. The lowest BCUT2D eigenvalue weighted by Crippen LogP contribution is -2.48. The minimum absolute atomic E-state index is 0.235. The summed E-state index contributed by atoms with van der Waals surface area (Å²) in [6.07, 6.45) is 5.27. The summed E-state index contributed by atoms with van der Waals surface area (Å²) in [6.45, 7) is 8.68. The van der Waals surface area contributed by atoms with Gasteiger partial charge in [-0.05, 0) is 19.9 Å². The number of hydrogen-bond acceptors (Lipinski definition) is 3. The largest absolute Gasteiger partial charge is 0.340 e. The van der Waals surface area contributed by atoms with Crippen LogP contribution in [0.4, 0.5) is 0 Å². The van der Waals surface area contributed by atoms with Crippen molar-refractivity contribution >= 4 is 5.91 Å². The number of nitrogens with zero attached hydrogens (tertiary/aromatic N) is 2. The van der Waals surface area contributed by atoms with Gasteiger partial charge in [0.2, 0.25) is 5.91 Å². The van der Waals surface area contributed by atoms with Gasteiger partial charge in [-0.15, -0.1) is 0 Å². The van der Waals surface area contributed by atoms with Crippen molar-refractivity contribution in [2.45, 2.75) is 13.3 Å². The van der Waals surface area contributed by atoms with E-state index in [1.165, 1.54) is 0 Å². The van der Waals surface area contributed by atoms with Gasteiger partial charge in [-0.3, -0.25) is 9.69 Å². The number of carbonyl (C=O) groups excluding carboxylic acids is 1. The molecule has 1 N–H and O–H groups in total. The molecule has 2 rings (SSSR count). The Kier molecular flexibility index (Phi) is 4.57. The summed E-state index contributed by atoms with van der Waals surface area (Å²) in [5.74, 6) is 0.604. The Labute approximate surface area is 104 Å². The average molecular weight is 237 g/mol. The van der Waals surface area contributed by atoms with Gasteiger partial charge in [-0.2, -0.15) is 0 Å². The van der Waals surface area contributed by atoms with E-state index in [9.17, 15) is 4.79 Å². The number of hydrogen-bond donors (Lipinski definition) is 1. The lowest BCUT2D eigenvalue weighted by atomic mass is 10.1. The van der Waals surface area contributed by atoms with Gasteiger partial charge in [-0.1, -0.05) is 12.2 Å². The molecule has 1 atom stereocenters. The normalized spacial score (nSPS) is 26.9. The first-order valence-electron chi connectivity index (χ1n) is 6.64. The van der Waals surface area contributed by atoms with Crippen molar-refractivity contribution < 1.29 is 4.79 Å². The van der Waals surface area contributed by atoms with E-state index in [4.69, 9.17) is 0 Å². The van der Waals surface area contributed by atoms with Gasteiger partial charge < -0.3 is 10.2 Å². The maximum Gasteiger partial charge on any atom is 0.227 e. The summed E-state index contributed by atoms with van der Waals surface area (Å²) in [7, 11) is 0. The van der Waals surface area contributed by atoms with Crippen LogP contribution in [0.2, 0.25) is 0 Å². The van der Waals surface area contributed by atoms with Crippen LogP contribution in [0.1, 0.15) is 13.3 Å². The van der Waals surface area contributed by atoms with Gasteiger partial charge in [0.25, 0.3) is 0 Å². The molecule has 96 valence electrons. The van der Waals surface area contributed by atoms with Crippen molar-refractivity contribution in [3.8, 4) is 0 Å². The molecule has 0 aromatic heterocycles. The molecule has 1 unspecified atom stereocenters. The molecule has 4 heteroatoms. The van der Waals surface area contributed by atoms with Crippen LogP contribution >= 0.6 is 0 Å². The summed E-state index contributed by atoms with van der Waals surface area (Å²) >= 11 is 0. The maximum atomic E-state index is 12.3. The highest BCUT2D eigenvalue weighted by Crippen LogP contribution is 2.18. The van der Waals surface area contributed by atoms with Gasteiger partial charge in [0.1, 0.15) is 0 Å². The molecule has 2 aliphatic heterocycles. The fraction of sp³-hybridized carbons (Fsp3) is 0.769. The van der Waals surface area contributed by atoms with Crippen LogP contribution in [-0.2, 0) is 4.79 Å². The van der Waals surface area contributed by atoms with Crippen molar-refractivity contribution in [2.75, 3.05) is 45.8 Å². The predicted molar refractivity (Wildman–Crippen MR) is 68.8 cm³/mol. The fourth-order valence-corrected chi connectivity index (χ4v) is 2.60. The molecular formula is C13H23N3O. The van der Waals surface area contributed by atoms with Crippen LogP contribution in [-0.4, -0.2) is 61.5 Å². The Hall–Kier alpha value is -0.870. The van der Waals surface area contributed by atoms with Gasteiger partial charge in [-0.25, -0.2) is 0 Å². The Balaban J connectivity index is 1.80.